The van der Waals surface area contributed by atoms with Crippen molar-refractivity contribution in [3.63, 3.8) is 0 Å². The molecule has 1 amide bonds. The quantitative estimate of drug-likeness (QED) is 0.763. The maximum atomic E-state index is 12.1. The molecule has 0 heterocycles. The standard InChI is InChI=1S/C21H26N2O3/c1-5-26-20(25)15-6-10-18(11-7-15)23-19(24)14-22-17-12-8-16(9-13-17)21(2,3)4/h6-13,22H,5,14H2,1-4H3,(H,23,24). The molecule has 2 aromatic carbocycles. The van der Waals surface area contributed by atoms with Crippen LogP contribution >= 0.6 is 0 Å². The second-order valence-corrected chi connectivity index (χ2v) is 7.03. The molecule has 0 aromatic heterocycles. The lowest BCUT2D eigenvalue weighted by Crippen LogP contribution is -2.21. The average molecular weight is 354 g/mol. The molecule has 5 heteroatoms. The number of ether oxygens (including phenoxy) is 1. The average Bonchev–Trinajstić information content (AvgIpc) is 2.60. The van der Waals surface area contributed by atoms with Gasteiger partial charge in [0.15, 0.2) is 0 Å². The monoisotopic (exact) mass is 354 g/mol. The highest BCUT2D eigenvalue weighted by Crippen LogP contribution is 2.23. The minimum Gasteiger partial charge on any atom is -0.462 e. The number of anilines is 2. The van der Waals surface area contributed by atoms with Crippen LogP contribution in [0.1, 0.15) is 43.6 Å². The molecular formula is C21H26N2O3. The van der Waals surface area contributed by atoms with Crippen LogP contribution in [0.5, 0.6) is 0 Å². The molecule has 0 aliphatic carbocycles. The highest BCUT2D eigenvalue weighted by molar-refractivity contribution is 5.95. The Morgan fingerprint density at radius 1 is 0.923 bits per heavy atom. The van der Waals surface area contributed by atoms with E-state index >= 15 is 0 Å². The second kappa shape index (κ2) is 8.52. The molecule has 0 saturated heterocycles. The molecule has 0 bridgehead atoms. The molecule has 0 aliphatic rings. The van der Waals surface area contributed by atoms with Crippen molar-refractivity contribution >= 4 is 23.3 Å². The minimum absolute atomic E-state index is 0.103. The van der Waals surface area contributed by atoms with Crippen LogP contribution in [0.15, 0.2) is 48.5 Å². The van der Waals surface area contributed by atoms with Crippen LogP contribution in [-0.4, -0.2) is 25.0 Å². The second-order valence-electron chi connectivity index (χ2n) is 7.03. The Morgan fingerprint density at radius 3 is 2.04 bits per heavy atom. The predicted octanol–water partition coefficient (Wildman–Crippen LogP) is 4.21. The molecule has 0 spiro atoms. The molecule has 0 fully saturated rings. The minimum atomic E-state index is -0.370. The van der Waals surface area contributed by atoms with Gasteiger partial charge in [0.2, 0.25) is 5.91 Å². The van der Waals surface area contributed by atoms with Gasteiger partial charge in [-0.3, -0.25) is 4.79 Å². The number of nitrogens with one attached hydrogen (secondary N) is 2. The van der Waals surface area contributed by atoms with Crippen molar-refractivity contribution in [1.82, 2.24) is 0 Å². The zero-order valence-electron chi connectivity index (χ0n) is 15.8. The van der Waals surface area contributed by atoms with E-state index in [0.717, 1.165) is 5.69 Å². The maximum absolute atomic E-state index is 12.1. The first-order chi connectivity index (χ1) is 12.3. The van der Waals surface area contributed by atoms with Crippen molar-refractivity contribution in [2.75, 3.05) is 23.8 Å². The van der Waals surface area contributed by atoms with Gasteiger partial charge in [-0.15, -0.1) is 0 Å². The summed E-state index contributed by atoms with van der Waals surface area (Å²) in [7, 11) is 0. The molecule has 2 N–H and O–H groups in total. The zero-order valence-corrected chi connectivity index (χ0v) is 15.8. The molecule has 26 heavy (non-hydrogen) atoms. The van der Waals surface area contributed by atoms with Crippen LogP contribution in [0, 0.1) is 0 Å². The third-order valence-electron chi connectivity index (χ3n) is 3.88. The summed E-state index contributed by atoms with van der Waals surface area (Å²) in [6.45, 7) is 8.74. The molecule has 0 aliphatic heterocycles. The van der Waals surface area contributed by atoms with E-state index in [1.165, 1.54) is 5.56 Å². The first kappa shape index (κ1) is 19.5. The summed E-state index contributed by atoms with van der Waals surface area (Å²) in [5, 5.41) is 5.90. The van der Waals surface area contributed by atoms with Crippen LogP contribution < -0.4 is 10.6 Å². The largest absolute Gasteiger partial charge is 0.462 e. The Kier molecular flexibility index (Phi) is 6.39. The van der Waals surface area contributed by atoms with Crippen LogP contribution in [-0.2, 0) is 14.9 Å². The van der Waals surface area contributed by atoms with E-state index in [-0.39, 0.29) is 23.8 Å². The fourth-order valence-corrected chi connectivity index (χ4v) is 2.38. The number of carbonyl (C=O) groups excluding carboxylic acids is 2. The van der Waals surface area contributed by atoms with E-state index in [2.05, 4.69) is 43.5 Å². The Bertz CT molecular complexity index is 744. The van der Waals surface area contributed by atoms with Crippen LogP contribution in [0.4, 0.5) is 11.4 Å². The number of carbonyl (C=O) groups is 2. The van der Waals surface area contributed by atoms with Crippen molar-refractivity contribution < 1.29 is 14.3 Å². The highest BCUT2D eigenvalue weighted by Gasteiger charge is 2.13. The lowest BCUT2D eigenvalue weighted by molar-refractivity contribution is -0.114. The van der Waals surface area contributed by atoms with Crippen molar-refractivity contribution in [2.45, 2.75) is 33.1 Å². The van der Waals surface area contributed by atoms with Gasteiger partial charge >= 0.3 is 5.97 Å². The normalized spacial score (nSPS) is 10.9. The summed E-state index contributed by atoms with van der Waals surface area (Å²) >= 11 is 0. The molecule has 0 atom stereocenters. The SMILES string of the molecule is CCOC(=O)c1ccc(NC(=O)CNc2ccc(C(C)(C)C)cc2)cc1. The van der Waals surface area contributed by atoms with Gasteiger partial charge in [-0.25, -0.2) is 4.79 Å². The van der Waals surface area contributed by atoms with Gasteiger partial charge < -0.3 is 15.4 Å². The van der Waals surface area contributed by atoms with E-state index in [1.807, 2.05) is 12.1 Å². The summed E-state index contributed by atoms with van der Waals surface area (Å²) in [5.41, 5.74) is 3.33. The number of hydrogen-bond donors (Lipinski definition) is 2. The van der Waals surface area contributed by atoms with E-state index in [9.17, 15) is 9.59 Å². The first-order valence-corrected chi connectivity index (χ1v) is 8.71. The number of amides is 1. The van der Waals surface area contributed by atoms with Gasteiger partial charge in [-0.2, -0.15) is 0 Å². The van der Waals surface area contributed by atoms with Gasteiger partial charge in [0.05, 0.1) is 18.7 Å². The van der Waals surface area contributed by atoms with Crippen LogP contribution in [0.2, 0.25) is 0 Å². The van der Waals surface area contributed by atoms with Crippen LogP contribution in [0.25, 0.3) is 0 Å². The van der Waals surface area contributed by atoms with Crippen molar-refractivity contribution in [1.29, 1.82) is 0 Å². The zero-order chi connectivity index (χ0) is 19.2. The Balaban J connectivity index is 1.86. The van der Waals surface area contributed by atoms with E-state index in [4.69, 9.17) is 4.74 Å². The number of rotatable bonds is 6. The molecule has 0 saturated carbocycles. The molecule has 0 unspecified atom stereocenters. The third kappa shape index (κ3) is 5.62. The smallest absolute Gasteiger partial charge is 0.338 e. The summed E-state index contributed by atoms with van der Waals surface area (Å²) in [5.74, 6) is -0.528. The molecule has 2 aromatic rings. The fourth-order valence-electron chi connectivity index (χ4n) is 2.38. The van der Waals surface area contributed by atoms with Gasteiger partial charge in [0.1, 0.15) is 0 Å². The van der Waals surface area contributed by atoms with Gasteiger partial charge in [0, 0.05) is 11.4 Å². The summed E-state index contributed by atoms with van der Waals surface area (Å²) in [6.07, 6.45) is 0. The van der Waals surface area contributed by atoms with E-state index in [0.29, 0.717) is 17.9 Å². The molecule has 138 valence electrons. The van der Waals surface area contributed by atoms with Crippen molar-refractivity contribution in [2.24, 2.45) is 0 Å². The lowest BCUT2D eigenvalue weighted by atomic mass is 9.87. The van der Waals surface area contributed by atoms with Gasteiger partial charge in [-0.1, -0.05) is 32.9 Å². The number of hydrogen-bond acceptors (Lipinski definition) is 4. The Labute approximate surface area is 154 Å². The van der Waals surface area contributed by atoms with Gasteiger partial charge in [-0.05, 0) is 54.3 Å². The topological polar surface area (TPSA) is 67.4 Å². The Morgan fingerprint density at radius 2 is 1.50 bits per heavy atom. The third-order valence-corrected chi connectivity index (χ3v) is 3.88. The van der Waals surface area contributed by atoms with Crippen LogP contribution in [0.3, 0.4) is 0 Å². The highest BCUT2D eigenvalue weighted by atomic mass is 16.5. The summed E-state index contributed by atoms with van der Waals surface area (Å²) < 4.78 is 4.93. The number of benzene rings is 2. The molecule has 0 radical (unpaired) electrons. The lowest BCUT2D eigenvalue weighted by Gasteiger charge is -2.19. The van der Waals surface area contributed by atoms with Crippen molar-refractivity contribution in [3.8, 4) is 0 Å². The Hall–Kier alpha value is -2.82. The van der Waals surface area contributed by atoms with E-state index in [1.54, 1.807) is 31.2 Å². The first-order valence-electron chi connectivity index (χ1n) is 8.71. The van der Waals surface area contributed by atoms with E-state index < -0.39 is 0 Å². The van der Waals surface area contributed by atoms with Gasteiger partial charge in [0.25, 0.3) is 0 Å². The maximum Gasteiger partial charge on any atom is 0.338 e. The molecular weight excluding hydrogens is 328 g/mol. The van der Waals surface area contributed by atoms with Crippen molar-refractivity contribution in [3.05, 3.63) is 59.7 Å². The molecule has 2 rings (SSSR count). The summed E-state index contributed by atoms with van der Waals surface area (Å²) in [6, 6.07) is 14.7. The number of esters is 1. The summed E-state index contributed by atoms with van der Waals surface area (Å²) in [4.78, 5) is 23.7. The fraction of sp³-hybridized carbons (Fsp3) is 0.333. The predicted molar refractivity (Wildman–Crippen MR) is 105 cm³/mol. The molecule has 5 nitrogen and oxygen atoms in total.